The number of anilines is 1. The van der Waals surface area contributed by atoms with Crippen LogP contribution in [0, 0.1) is 0 Å². The van der Waals surface area contributed by atoms with Crippen LogP contribution in [0.15, 0.2) is 24.3 Å². The second-order valence-electron chi connectivity index (χ2n) is 3.86. The smallest absolute Gasteiger partial charge is 0.323 e. The zero-order chi connectivity index (χ0) is 14.3. The van der Waals surface area contributed by atoms with Crippen molar-refractivity contribution in [1.29, 1.82) is 0 Å². The Morgan fingerprint density at radius 1 is 1.21 bits per heavy atom. The number of hydrogen-bond acceptors (Lipinski definition) is 4. The van der Waals surface area contributed by atoms with Gasteiger partial charge in [0.2, 0.25) is 0 Å². The molecule has 1 rings (SSSR count). The maximum atomic E-state index is 10.9. The molecule has 6 nitrogen and oxygen atoms in total. The third-order valence-electron chi connectivity index (χ3n) is 2.43. The fraction of sp³-hybridized carbons (Fsp3) is 0.385. The van der Waals surface area contributed by atoms with Crippen LogP contribution in [0.2, 0.25) is 0 Å². The highest BCUT2D eigenvalue weighted by molar-refractivity contribution is 5.76. The number of ether oxygens (including phenoxy) is 1. The lowest BCUT2D eigenvalue weighted by molar-refractivity contribution is -0.138. The summed E-state index contributed by atoms with van der Waals surface area (Å²) in [5, 5.41) is 17.6. The van der Waals surface area contributed by atoms with E-state index >= 15 is 0 Å². The molecular formula is C13H17NO5. The quantitative estimate of drug-likeness (QED) is 0.741. The minimum absolute atomic E-state index is 0.117. The highest BCUT2D eigenvalue weighted by Gasteiger charge is 2.16. The number of benzene rings is 1. The van der Waals surface area contributed by atoms with Gasteiger partial charge in [-0.05, 0) is 19.1 Å². The molecule has 104 valence electrons. The van der Waals surface area contributed by atoms with Crippen molar-refractivity contribution in [1.82, 2.24) is 0 Å². The van der Waals surface area contributed by atoms with Crippen LogP contribution in [-0.2, 0) is 9.59 Å². The van der Waals surface area contributed by atoms with Crippen LogP contribution in [0.1, 0.15) is 13.3 Å². The minimum Gasteiger partial charge on any atom is -0.492 e. The third-order valence-corrected chi connectivity index (χ3v) is 2.43. The Labute approximate surface area is 111 Å². The Bertz CT molecular complexity index is 446. The van der Waals surface area contributed by atoms with Crippen LogP contribution in [-0.4, -0.2) is 41.8 Å². The Kier molecular flexibility index (Phi) is 5.66. The van der Waals surface area contributed by atoms with E-state index in [1.165, 1.54) is 4.90 Å². The van der Waals surface area contributed by atoms with Gasteiger partial charge in [-0.25, -0.2) is 0 Å². The maximum absolute atomic E-state index is 10.9. The molecule has 0 aromatic heterocycles. The lowest BCUT2D eigenvalue weighted by atomic mass is 10.2. The SMILES string of the molecule is CCOc1ccccc1N(CCC(=O)O)CC(=O)O. The van der Waals surface area contributed by atoms with Crippen molar-refractivity contribution >= 4 is 17.6 Å². The number of carboxylic acid groups (broad SMARTS) is 2. The lowest BCUT2D eigenvalue weighted by Gasteiger charge is -2.24. The fourth-order valence-electron chi connectivity index (χ4n) is 1.67. The number of para-hydroxylation sites is 2. The molecule has 0 fully saturated rings. The molecule has 0 spiro atoms. The number of rotatable bonds is 8. The van der Waals surface area contributed by atoms with E-state index in [0.717, 1.165) is 0 Å². The van der Waals surface area contributed by atoms with Gasteiger partial charge < -0.3 is 19.8 Å². The summed E-state index contributed by atoms with van der Waals surface area (Å²) in [4.78, 5) is 23.0. The van der Waals surface area contributed by atoms with E-state index in [0.29, 0.717) is 18.0 Å². The highest BCUT2D eigenvalue weighted by atomic mass is 16.5. The fourth-order valence-corrected chi connectivity index (χ4v) is 1.67. The van der Waals surface area contributed by atoms with Crippen molar-refractivity contribution in [3.8, 4) is 5.75 Å². The summed E-state index contributed by atoms with van der Waals surface area (Å²) in [6.07, 6.45) is -0.131. The Morgan fingerprint density at radius 2 is 1.89 bits per heavy atom. The van der Waals surface area contributed by atoms with E-state index in [-0.39, 0.29) is 19.5 Å². The van der Waals surface area contributed by atoms with E-state index in [9.17, 15) is 9.59 Å². The molecule has 0 aliphatic carbocycles. The monoisotopic (exact) mass is 267 g/mol. The van der Waals surface area contributed by atoms with E-state index < -0.39 is 11.9 Å². The zero-order valence-corrected chi connectivity index (χ0v) is 10.7. The van der Waals surface area contributed by atoms with Crippen LogP contribution >= 0.6 is 0 Å². The Hall–Kier alpha value is -2.24. The van der Waals surface area contributed by atoms with Gasteiger partial charge in [0.15, 0.2) is 0 Å². The zero-order valence-electron chi connectivity index (χ0n) is 10.7. The largest absolute Gasteiger partial charge is 0.492 e. The molecule has 0 aliphatic heterocycles. The highest BCUT2D eigenvalue weighted by Crippen LogP contribution is 2.28. The second-order valence-corrected chi connectivity index (χ2v) is 3.86. The molecule has 19 heavy (non-hydrogen) atoms. The van der Waals surface area contributed by atoms with Crippen molar-refractivity contribution < 1.29 is 24.5 Å². The van der Waals surface area contributed by atoms with E-state index in [1.807, 2.05) is 6.92 Å². The molecule has 0 radical (unpaired) electrons. The third kappa shape index (κ3) is 4.87. The molecule has 0 saturated heterocycles. The molecule has 1 aromatic carbocycles. The summed E-state index contributed by atoms with van der Waals surface area (Å²) in [7, 11) is 0. The van der Waals surface area contributed by atoms with Gasteiger partial charge in [-0.3, -0.25) is 9.59 Å². The first-order valence-electron chi connectivity index (χ1n) is 5.95. The average molecular weight is 267 g/mol. The van der Waals surface area contributed by atoms with Gasteiger partial charge in [-0.15, -0.1) is 0 Å². The average Bonchev–Trinajstić information content (AvgIpc) is 2.35. The summed E-state index contributed by atoms with van der Waals surface area (Å²) in [5.74, 6) is -1.43. The maximum Gasteiger partial charge on any atom is 0.323 e. The van der Waals surface area contributed by atoms with Gasteiger partial charge in [-0.2, -0.15) is 0 Å². The van der Waals surface area contributed by atoms with Crippen molar-refractivity contribution in [2.45, 2.75) is 13.3 Å². The van der Waals surface area contributed by atoms with Crippen LogP contribution < -0.4 is 9.64 Å². The van der Waals surface area contributed by atoms with Crippen LogP contribution in [0.5, 0.6) is 5.75 Å². The molecule has 0 amide bonds. The van der Waals surface area contributed by atoms with Gasteiger partial charge in [-0.1, -0.05) is 12.1 Å². The summed E-state index contributed by atoms with van der Waals surface area (Å²) in [5.41, 5.74) is 0.591. The van der Waals surface area contributed by atoms with Gasteiger partial charge in [0.05, 0.1) is 18.7 Å². The topological polar surface area (TPSA) is 87.1 Å². The summed E-state index contributed by atoms with van der Waals surface area (Å²) >= 11 is 0. The number of carbonyl (C=O) groups is 2. The molecule has 6 heteroatoms. The predicted octanol–water partition coefficient (Wildman–Crippen LogP) is 1.45. The van der Waals surface area contributed by atoms with Crippen LogP contribution in [0.25, 0.3) is 0 Å². The first kappa shape index (κ1) is 14.8. The summed E-state index contributed by atoms with van der Waals surface area (Å²) in [6, 6.07) is 6.99. The van der Waals surface area contributed by atoms with E-state index in [4.69, 9.17) is 14.9 Å². The Morgan fingerprint density at radius 3 is 2.47 bits per heavy atom. The molecule has 0 heterocycles. The lowest BCUT2D eigenvalue weighted by Crippen LogP contribution is -2.32. The molecule has 0 unspecified atom stereocenters. The summed E-state index contributed by atoms with van der Waals surface area (Å²) in [6.45, 7) is 2.13. The number of carboxylic acids is 2. The number of aliphatic carboxylic acids is 2. The van der Waals surface area contributed by atoms with Gasteiger partial charge in [0.1, 0.15) is 12.3 Å². The normalized spacial score (nSPS) is 9.95. The number of nitrogens with zero attached hydrogens (tertiary/aromatic N) is 1. The van der Waals surface area contributed by atoms with Gasteiger partial charge in [0, 0.05) is 6.54 Å². The number of hydrogen-bond donors (Lipinski definition) is 2. The second kappa shape index (κ2) is 7.25. The molecule has 0 atom stereocenters. The molecular weight excluding hydrogens is 250 g/mol. The molecule has 2 N–H and O–H groups in total. The standard InChI is InChI=1S/C13H17NO5/c1-2-19-11-6-4-3-5-10(11)14(9-13(17)18)8-7-12(15)16/h3-6H,2,7-9H2,1H3,(H,15,16)(H,17,18). The summed E-state index contributed by atoms with van der Waals surface area (Å²) < 4.78 is 5.42. The van der Waals surface area contributed by atoms with Crippen molar-refractivity contribution in [3.05, 3.63) is 24.3 Å². The van der Waals surface area contributed by atoms with Crippen molar-refractivity contribution in [2.24, 2.45) is 0 Å². The molecule has 0 saturated carbocycles. The first-order chi connectivity index (χ1) is 9.04. The first-order valence-corrected chi connectivity index (χ1v) is 5.95. The predicted molar refractivity (Wildman–Crippen MR) is 69.7 cm³/mol. The Balaban J connectivity index is 2.94. The van der Waals surface area contributed by atoms with E-state index in [1.54, 1.807) is 24.3 Å². The molecule has 0 aliphatic rings. The molecule has 0 bridgehead atoms. The van der Waals surface area contributed by atoms with Crippen LogP contribution in [0.4, 0.5) is 5.69 Å². The minimum atomic E-state index is -1.02. The van der Waals surface area contributed by atoms with Crippen LogP contribution in [0.3, 0.4) is 0 Å². The van der Waals surface area contributed by atoms with E-state index in [2.05, 4.69) is 0 Å². The van der Waals surface area contributed by atoms with Crippen molar-refractivity contribution in [3.63, 3.8) is 0 Å². The molecule has 1 aromatic rings. The van der Waals surface area contributed by atoms with Gasteiger partial charge in [0.25, 0.3) is 0 Å². The van der Waals surface area contributed by atoms with Gasteiger partial charge >= 0.3 is 11.9 Å². The van der Waals surface area contributed by atoms with Crippen molar-refractivity contribution in [2.75, 3.05) is 24.6 Å².